The Morgan fingerprint density at radius 3 is 2.74 bits per heavy atom. The molecule has 0 N–H and O–H groups in total. The van der Waals surface area contributed by atoms with Crippen LogP contribution in [0.3, 0.4) is 0 Å². The fourth-order valence-electron chi connectivity index (χ4n) is 4.04. The Balaban J connectivity index is 1.57. The maximum absolute atomic E-state index is 11.8. The van der Waals surface area contributed by atoms with Crippen molar-refractivity contribution in [1.29, 1.82) is 0 Å². The number of thioether (sulfide) groups is 1. The molecule has 1 aliphatic heterocycles. The summed E-state index contributed by atoms with van der Waals surface area (Å²) in [5.41, 5.74) is 4.88. The lowest BCUT2D eigenvalue weighted by atomic mass is 10.1. The molecule has 0 radical (unpaired) electrons. The molecule has 1 unspecified atom stereocenters. The molecule has 1 aromatic carbocycles. The van der Waals surface area contributed by atoms with Crippen LogP contribution in [0.2, 0.25) is 0 Å². The third-order valence-corrected chi connectivity index (χ3v) is 6.64. The molecule has 10 heteroatoms. The summed E-state index contributed by atoms with van der Waals surface area (Å²) >= 11 is 1.61. The van der Waals surface area contributed by atoms with Crippen LogP contribution < -0.4 is 4.74 Å². The second kappa shape index (κ2) is 7.84. The van der Waals surface area contributed by atoms with Crippen molar-refractivity contribution in [2.24, 2.45) is 5.10 Å². The van der Waals surface area contributed by atoms with Gasteiger partial charge in [-0.25, -0.2) is 0 Å². The first-order chi connectivity index (χ1) is 15.1. The van der Waals surface area contributed by atoms with E-state index >= 15 is 0 Å². The summed E-state index contributed by atoms with van der Waals surface area (Å²) in [6.45, 7) is 2.19. The molecule has 3 aromatic rings. The van der Waals surface area contributed by atoms with Gasteiger partial charge in [0.2, 0.25) is 11.0 Å². The number of hydrogen-bond acceptors (Lipinski definition) is 8. The average molecular weight is 439 g/mol. The van der Waals surface area contributed by atoms with Crippen molar-refractivity contribution in [3.05, 3.63) is 41.1 Å². The minimum Gasteiger partial charge on any atom is -0.497 e. The summed E-state index contributed by atoms with van der Waals surface area (Å²) in [7, 11) is 3.04. The van der Waals surface area contributed by atoms with Gasteiger partial charge in [-0.2, -0.15) is 14.9 Å². The highest BCUT2D eigenvalue weighted by molar-refractivity contribution is 8.00. The second-order valence-electron chi connectivity index (χ2n) is 7.45. The van der Waals surface area contributed by atoms with Crippen molar-refractivity contribution < 1.29 is 14.3 Å². The largest absolute Gasteiger partial charge is 0.497 e. The minimum atomic E-state index is -0.323. The normalized spacial score (nSPS) is 17.1. The molecule has 3 heterocycles. The summed E-state index contributed by atoms with van der Waals surface area (Å²) in [5.74, 6) is 1.08. The van der Waals surface area contributed by atoms with Crippen molar-refractivity contribution in [3.8, 4) is 17.3 Å². The van der Waals surface area contributed by atoms with Crippen LogP contribution in [-0.4, -0.2) is 55.8 Å². The Hall–Kier alpha value is -3.14. The lowest BCUT2D eigenvalue weighted by Crippen LogP contribution is -2.21. The van der Waals surface area contributed by atoms with Crippen LogP contribution in [-0.2, 0) is 28.9 Å². The molecule has 2 aliphatic rings. The molecule has 0 amide bonds. The number of rotatable bonds is 5. The van der Waals surface area contributed by atoms with Crippen LogP contribution in [0.5, 0.6) is 5.75 Å². The monoisotopic (exact) mass is 438 g/mol. The van der Waals surface area contributed by atoms with Crippen LogP contribution in [0.1, 0.15) is 30.2 Å². The van der Waals surface area contributed by atoms with E-state index in [0.29, 0.717) is 5.82 Å². The van der Waals surface area contributed by atoms with Crippen molar-refractivity contribution in [2.45, 2.75) is 43.1 Å². The molecule has 31 heavy (non-hydrogen) atoms. The van der Waals surface area contributed by atoms with Gasteiger partial charge in [0, 0.05) is 11.3 Å². The summed E-state index contributed by atoms with van der Waals surface area (Å²) < 4.78 is 13.6. The lowest BCUT2D eigenvalue weighted by molar-refractivity contribution is -0.141. The highest BCUT2D eigenvalue weighted by Gasteiger charge is 2.31. The molecule has 9 nitrogen and oxygen atoms in total. The van der Waals surface area contributed by atoms with Gasteiger partial charge in [0.25, 0.3) is 0 Å². The van der Waals surface area contributed by atoms with E-state index in [9.17, 15) is 4.79 Å². The third kappa shape index (κ3) is 3.40. The molecule has 0 saturated carbocycles. The molecule has 0 spiro atoms. The van der Waals surface area contributed by atoms with Gasteiger partial charge in [-0.3, -0.25) is 9.48 Å². The van der Waals surface area contributed by atoms with Crippen LogP contribution in [0, 0.1) is 0 Å². The third-order valence-electron chi connectivity index (χ3n) is 5.60. The molecule has 2 aromatic heterocycles. The summed E-state index contributed by atoms with van der Waals surface area (Å²) in [4.78, 5) is 11.8. The van der Waals surface area contributed by atoms with Gasteiger partial charge in [0.1, 0.15) is 18.0 Å². The number of ether oxygens (including phenoxy) is 2. The zero-order valence-corrected chi connectivity index (χ0v) is 18.3. The standard InChI is InChI=1S/C21H22N6O3S/c1-12-18(13-7-9-14(29-2)10-8-13)25-27-20(22-23-21(27)31-12)19-15-5-4-6-16(15)26(24-19)11-17(28)30-3/h7-10,12H,4-6,11H2,1-3H3. The molecule has 0 saturated heterocycles. The van der Waals surface area contributed by atoms with Crippen molar-refractivity contribution in [3.63, 3.8) is 0 Å². The molecule has 160 valence electrons. The first kappa shape index (κ1) is 19.8. The van der Waals surface area contributed by atoms with Crippen LogP contribution >= 0.6 is 11.8 Å². The number of esters is 1. The maximum atomic E-state index is 11.8. The number of hydrogen-bond donors (Lipinski definition) is 0. The fraction of sp³-hybridized carbons (Fsp3) is 0.381. The van der Waals surface area contributed by atoms with E-state index in [0.717, 1.165) is 58.4 Å². The minimum absolute atomic E-state index is 0.0893. The van der Waals surface area contributed by atoms with Gasteiger partial charge in [0.15, 0.2) is 0 Å². The zero-order valence-electron chi connectivity index (χ0n) is 17.5. The molecule has 1 aliphatic carbocycles. The van der Waals surface area contributed by atoms with Gasteiger partial charge >= 0.3 is 5.97 Å². The maximum Gasteiger partial charge on any atom is 0.327 e. The first-order valence-electron chi connectivity index (χ1n) is 10.1. The van der Waals surface area contributed by atoms with E-state index in [1.54, 1.807) is 28.2 Å². The quantitative estimate of drug-likeness (QED) is 0.565. The number of aromatic nitrogens is 5. The van der Waals surface area contributed by atoms with E-state index in [4.69, 9.17) is 19.7 Å². The number of fused-ring (bicyclic) bond motifs is 2. The number of benzene rings is 1. The van der Waals surface area contributed by atoms with E-state index < -0.39 is 0 Å². The average Bonchev–Trinajstić information content (AvgIpc) is 3.49. The van der Waals surface area contributed by atoms with Gasteiger partial charge in [-0.1, -0.05) is 11.8 Å². The van der Waals surface area contributed by atoms with E-state index in [1.807, 2.05) is 24.3 Å². The topological polar surface area (TPSA) is 96.4 Å². The molecule has 1 atom stereocenters. The first-order valence-corrected chi connectivity index (χ1v) is 11.0. The van der Waals surface area contributed by atoms with E-state index in [2.05, 4.69) is 17.1 Å². The molecular formula is C21H22N6O3S. The van der Waals surface area contributed by atoms with Crippen LogP contribution in [0.15, 0.2) is 34.5 Å². The van der Waals surface area contributed by atoms with Crippen molar-refractivity contribution >= 4 is 23.4 Å². The molecule has 0 fully saturated rings. The van der Waals surface area contributed by atoms with E-state index in [-0.39, 0.29) is 17.8 Å². The van der Waals surface area contributed by atoms with E-state index in [1.165, 1.54) is 7.11 Å². The Bertz CT molecular complexity index is 1180. The Kier molecular flexibility index (Phi) is 5.01. The lowest BCUT2D eigenvalue weighted by Gasteiger charge is -2.20. The van der Waals surface area contributed by atoms with Gasteiger partial charge in [-0.05, 0) is 56.0 Å². The molecule has 5 rings (SSSR count). The van der Waals surface area contributed by atoms with Crippen molar-refractivity contribution in [1.82, 2.24) is 24.7 Å². The SMILES string of the molecule is COC(=O)Cn1nc(-c2nnc3n2N=C(c2ccc(OC)cc2)C(C)S3)c2c1CCC2. The second-order valence-corrected chi connectivity index (χ2v) is 8.76. The van der Waals surface area contributed by atoms with Gasteiger partial charge in [0.05, 0.1) is 25.2 Å². The molecular weight excluding hydrogens is 416 g/mol. The Morgan fingerprint density at radius 1 is 1.19 bits per heavy atom. The number of nitrogens with zero attached hydrogens (tertiary/aromatic N) is 6. The summed E-state index contributed by atoms with van der Waals surface area (Å²) in [5, 5.41) is 19.2. The zero-order chi connectivity index (χ0) is 21.5. The Morgan fingerprint density at radius 2 is 2.00 bits per heavy atom. The number of carbonyl (C=O) groups is 1. The summed E-state index contributed by atoms with van der Waals surface area (Å²) in [6.07, 6.45) is 2.80. The number of methoxy groups -OCH3 is 2. The molecule has 0 bridgehead atoms. The predicted molar refractivity (Wildman–Crippen MR) is 116 cm³/mol. The van der Waals surface area contributed by atoms with Crippen LogP contribution in [0.4, 0.5) is 0 Å². The number of carbonyl (C=O) groups excluding carboxylic acids is 1. The predicted octanol–water partition coefficient (Wildman–Crippen LogP) is 2.56. The Labute approximate surface area is 183 Å². The van der Waals surface area contributed by atoms with Gasteiger partial charge in [-0.15, -0.1) is 10.2 Å². The van der Waals surface area contributed by atoms with Gasteiger partial charge < -0.3 is 9.47 Å². The van der Waals surface area contributed by atoms with Crippen LogP contribution in [0.25, 0.3) is 11.5 Å². The fourth-order valence-corrected chi connectivity index (χ4v) is 4.97. The smallest absolute Gasteiger partial charge is 0.327 e. The summed E-state index contributed by atoms with van der Waals surface area (Å²) in [6, 6.07) is 7.87. The highest BCUT2D eigenvalue weighted by atomic mass is 32.2. The van der Waals surface area contributed by atoms with Crippen molar-refractivity contribution in [2.75, 3.05) is 14.2 Å². The highest BCUT2D eigenvalue weighted by Crippen LogP contribution is 2.36.